The van der Waals surface area contributed by atoms with Crippen LogP contribution in [0, 0.1) is 0 Å². The van der Waals surface area contributed by atoms with Gasteiger partial charge >= 0.3 is 0 Å². The van der Waals surface area contributed by atoms with Crippen LogP contribution in [0.4, 0.5) is 17.1 Å². The molecule has 0 saturated heterocycles. The van der Waals surface area contributed by atoms with Crippen LogP contribution in [-0.4, -0.2) is 0 Å². The Kier molecular flexibility index (Phi) is 6.28. The molecule has 2 heteroatoms. The van der Waals surface area contributed by atoms with Gasteiger partial charge in [0, 0.05) is 39.3 Å². The van der Waals surface area contributed by atoms with Crippen LogP contribution in [0.25, 0.3) is 86.9 Å². The Bertz CT molecular complexity index is 3190. The molecule has 2 nitrogen and oxygen atoms in total. The number of rotatable bonds is 4. The summed E-state index contributed by atoms with van der Waals surface area (Å²) in [5.74, 6) is 0. The van der Waals surface area contributed by atoms with E-state index in [0.717, 1.165) is 44.4 Å². The Labute approximate surface area is 300 Å². The maximum atomic E-state index is 6.67. The maximum Gasteiger partial charge on any atom is 0.143 e. The maximum absolute atomic E-state index is 6.67. The van der Waals surface area contributed by atoms with Gasteiger partial charge in [0.15, 0.2) is 0 Å². The van der Waals surface area contributed by atoms with Crippen LogP contribution in [0.5, 0.6) is 0 Å². The lowest BCUT2D eigenvalue weighted by atomic mass is 9.97. The molecule has 0 aliphatic heterocycles. The van der Waals surface area contributed by atoms with E-state index in [2.05, 4.69) is 193 Å². The summed E-state index contributed by atoms with van der Waals surface area (Å²) in [5.41, 5.74) is 7.41. The second kappa shape index (κ2) is 11.3. The molecule has 1 aromatic heterocycles. The van der Waals surface area contributed by atoms with Crippen LogP contribution < -0.4 is 4.90 Å². The van der Waals surface area contributed by atoms with Gasteiger partial charge in [0.05, 0.1) is 0 Å². The van der Waals surface area contributed by atoms with E-state index < -0.39 is 0 Å². The molecule has 0 N–H and O–H groups in total. The van der Waals surface area contributed by atoms with Crippen LogP contribution >= 0.6 is 0 Å². The average molecular weight is 662 g/mol. The van der Waals surface area contributed by atoms with E-state index in [1.54, 1.807) is 0 Å². The van der Waals surface area contributed by atoms with Crippen LogP contribution in [0.15, 0.2) is 192 Å². The molecule has 0 bridgehead atoms. The molecule has 0 spiro atoms. The summed E-state index contributed by atoms with van der Waals surface area (Å²) in [6.07, 6.45) is 0. The van der Waals surface area contributed by atoms with E-state index in [0.29, 0.717) is 0 Å². The standard InChI is InChI=1S/C50H31NO/c1-4-10-42-33(7-1)15-16-38-29-37(21-26-44(38)42)32-17-22-39(23-18-32)51(40-24-19-36-14-13-34-8-2-5-11-43(34)48(36)30-40)41-25-28-46-47-27-20-35-9-3-6-12-45(35)50(47)52-49(46)31-41/h1-31H. The molecule has 0 radical (unpaired) electrons. The van der Waals surface area contributed by atoms with Crippen molar-refractivity contribution in [1.82, 2.24) is 0 Å². The number of furan rings is 1. The predicted octanol–water partition coefficient (Wildman–Crippen LogP) is 14.5. The van der Waals surface area contributed by atoms with Crippen LogP contribution in [0.1, 0.15) is 0 Å². The van der Waals surface area contributed by atoms with Crippen molar-refractivity contribution in [2.45, 2.75) is 0 Å². The van der Waals surface area contributed by atoms with Gasteiger partial charge in [-0.05, 0) is 108 Å². The zero-order chi connectivity index (χ0) is 34.2. The third-order valence-electron chi connectivity index (χ3n) is 10.8. The van der Waals surface area contributed by atoms with Crippen molar-refractivity contribution in [2.75, 3.05) is 4.90 Å². The van der Waals surface area contributed by atoms with Crippen molar-refractivity contribution in [3.63, 3.8) is 0 Å². The molecule has 0 atom stereocenters. The molecular weight excluding hydrogens is 631 g/mol. The second-order valence-electron chi connectivity index (χ2n) is 13.7. The van der Waals surface area contributed by atoms with Crippen molar-refractivity contribution in [3.8, 4) is 11.1 Å². The molecule has 10 aromatic carbocycles. The van der Waals surface area contributed by atoms with Crippen molar-refractivity contribution in [2.24, 2.45) is 0 Å². The Hall–Kier alpha value is -6.90. The van der Waals surface area contributed by atoms with Gasteiger partial charge in [-0.25, -0.2) is 0 Å². The van der Waals surface area contributed by atoms with Gasteiger partial charge in [0.1, 0.15) is 11.2 Å². The monoisotopic (exact) mass is 661 g/mol. The fraction of sp³-hybridized carbons (Fsp3) is 0. The molecule has 0 aliphatic rings. The highest BCUT2D eigenvalue weighted by molar-refractivity contribution is 6.16. The summed E-state index contributed by atoms with van der Waals surface area (Å²) >= 11 is 0. The Morgan fingerprint density at radius 2 is 0.769 bits per heavy atom. The molecule has 0 amide bonds. The largest absolute Gasteiger partial charge is 0.455 e. The molecule has 0 fully saturated rings. The number of nitrogens with zero attached hydrogens (tertiary/aromatic N) is 1. The molecule has 1 heterocycles. The first-order chi connectivity index (χ1) is 25.7. The third-order valence-corrected chi connectivity index (χ3v) is 10.8. The summed E-state index contributed by atoms with van der Waals surface area (Å²) in [7, 11) is 0. The van der Waals surface area contributed by atoms with Gasteiger partial charge in [-0.2, -0.15) is 0 Å². The summed E-state index contributed by atoms with van der Waals surface area (Å²) in [6.45, 7) is 0. The van der Waals surface area contributed by atoms with Crippen molar-refractivity contribution < 1.29 is 4.42 Å². The van der Waals surface area contributed by atoms with Crippen LogP contribution in [0.3, 0.4) is 0 Å². The molecule has 11 rings (SSSR count). The number of benzene rings is 10. The molecule has 0 unspecified atom stereocenters. The number of hydrogen-bond acceptors (Lipinski definition) is 2. The van der Waals surface area contributed by atoms with Gasteiger partial charge in [0.25, 0.3) is 0 Å². The van der Waals surface area contributed by atoms with E-state index in [1.807, 2.05) is 0 Å². The minimum atomic E-state index is 0.875. The molecule has 52 heavy (non-hydrogen) atoms. The summed E-state index contributed by atoms with van der Waals surface area (Å²) in [4.78, 5) is 2.35. The van der Waals surface area contributed by atoms with Gasteiger partial charge in [-0.15, -0.1) is 0 Å². The van der Waals surface area contributed by atoms with Gasteiger partial charge in [0.2, 0.25) is 0 Å². The fourth-order valence-electron chi connectivity index (χ4n) is 8.20. The zero-order valence-electron chi connectivity index (χ0n) is 28.3. The highest BCUT2D eigenvalue weighted by Gasteiger charge is 2.18. The lowest BCUT2D eigenvalue weighted by Gasteiger charge is -2.26. The van der Waals surface area contributed by atoms with Crippen molar-refractivity contribution >= 4 is 92.9 Å². The first kappa shape index (κ1) is 28.9. The van der Waals surface area contributed by atoms with Gasteiger partial charge in [-0.1, -0.05) is 133 Å². The first-order valence-electron chi connectivity index (χ1n) is 17.8. The van der Waals surface area contributed by atoms with E-state index in [9.17, 15) is 0 Å². The Balaban J connectivity index is 1.07. The Morgan fingerprint density at radius 3 is 1.54 bits per heavy atom. The summed E-state index contributed by atoms with van der Waals surface area (Å²) in [5, 5.41) is 14.6. The minimum Gasteiger partial charge on any atom is -0.455 e. The summed E-state index contributed by atoms with van der Waals surface area (Å²) < 4.78 is 6.67. The number of anilines is 3. The lowest BCUT2D eigenvalue weighted by molar-refractivity contribution is 0.672. The molecular formula is C50H31NO. The zero-order valence-corrected chi connectivity index (χ0v) is 28.3. The highest BCUT2D eigenvalue weighted by atomic mass is 16.3. The van der Waals surface area contributed by atoms with Gasteiger partial charge < -0.3 is 9.32 Å². The summed E-state index contributed by atoms with van der Waals surface area (Å²) in [6, 6.07) is 68.1. The molecule has 11 aromatic rings. The van der Waals surface area contributed by atoms with Gasteiger partial charge in [-0.3, -0.25) is 0 Å². The topological polar surface area (TPSA) is 16.4 Å². The van der Waals surface area contributed by atoms with E-state index in [1.165, 1.54) is 59.6 Å². The quantitative estimate of drug-likeness (QED) is 0.175. The minimum absolute atomic E-state index is 0.875. The smallest absolute Gasteiger partial charge is 0.143 e. The number of fused-ring (bicyclic) bond motifs is 11. The van der Waals surface area contributed by atoms with Crippen molar-refractivity contribution in [1.29, 1.82) is 0 Å². The predicted molar refractivity (Wildman–Crippen MR) is 221 cm³/mol. The van der Waals surface area contributed by atoms with Crippen LogP contribution in [0.2, 0.25) is 0 Å². The lowest BCUT2D eigenvalue weighted by Crippen LogP contribution is -2.09. The fourth-order valence-corrected chi connectivity index (χ4v) is 8.20. The molecule has 0 saturated carbocycles. The number of hydrogen-bond donors (Lipinski definition) is 0. The normalized spacial score (nSPS) is 11.8. The van der Waals surface area contributed by atoms with Crippen molar-refractivity contribution in [3.05, 3.63) is 188 Å². The first-order valence-corrected chi connectivity index (χ1v) is 17.8. The highest BCUT2D eigenvalue weighted by Crippen LogP contribution is 2.42. The third kappa shape index (κ3) is 4.51. The van der Waals surface area contributed by atoms with E-state index in [4.69, 9.17) is 4.42 Å². The molecule has 0 aliphatic carbocycles. The average Bonchev–Trinajstić information content (AvgIpc) is 3.59. The van der Waals surface area contributed by atoms with E-state index >= 15 is 0 Å². The van der Waals surface area contributed by atoms with Crippen LogP contribution in [-0.2, 0) is 0 Å². The second-order valence-corrected chi connectivity index (χ2v) is 13.7. The Morgan fingerprint density at radius 1 is 0.288 bits per heavy atom. The SMILES string of the molecule is c1ccc2c(c1)ccc1cc(-c3ccc(N(c4ccc5c(c4)oc4c6ccccc6ccc54)c4ccc5ccc6ccccc6c5c4)cc3)ccc12. The molecule has 242 valence electrons. The van der Waals surface area contributed by atoms with E-state index in [-0.39, 0.29) is 0 Å².